The van der Waals surface area contributed by atoms with Gasteiger partial charge in [0.15, 0.2) is 0 Å². The molecular formula is C12H15N5O2. The molecule has 3 heterocycles. The van der Waals surface area contributed by atoms with Crippen LogP contribution in [0.1, 0.15) is 18.7 Å². The zero-order chi connectivity index (χ0) is 13.2. The lowest BCUT2D eigenvalue weighted by Crippen LogP contribution is -2.44. The summed E-state index contributed by atoms with van der Waals surface area (Å²) in [7, 11) is 1.55. The van der Waals surface area contributed by atoms with Crippen LogP contribution in [0, 0.1) is 5.92 Å². The van der Waals surface area contributed by atoms with Gasteiger partial charge in [-0.1, -0.05) is 12.1 Å². The Labute approximate surface area is 110 Å². The van der Waals surface area contributed by atoms with Crippen LogP contribution < -0.4 is 10.1 Å². The van der Waals surface area contributed by atoms with E-state index in [0.29, 0.717) is 29.2 Å². The second-order valence-corrected chi connectivity index (χ2v) is 4.61. The van der Waals surface area contributed by atoms with Crippen molar-refractivity contribution in [1.82, 2.24) is 25.4 Å². The fourth-order valence-corrected chi connectivity index (χ4v) is 1.96. The molecule has 1 aliphatic rings. The Morgan fingerprint density at radius 2 is 2.26 bits per heavy atom. The van der Waals surface area contributed by atoms with Gasteiger partial charge >= 0.3 is 0 Å². The van der Waals surface area contributed by atoms with Crippen LogP contribution in [-0.4, -0.2) is 40.3 Å². The molecule has 0 aromatic carbocycles. The highest BCUT2D eigenvalue weighted by atomic mass is 16.5. The van der Waals surface area contributed by atoms with Crippen LogP contribution in [0.25, 0.3) is 11.5 Å². The largest absolute Gasteiger partial charge is 0.481 e. The van der Waals surface area contributed by atoms with E-state index < -0.39 is 0 Å². The van der Waals surface area contributed by atoms with Gasteiger partial charge in [-0.25, -0.2) is 9.97 Å². The fraction of sp³-hybridized carbons (Fsp3) is 0.500. The molecule has 0 saturated carbocycles. The molecule has 3 rings (SSSR count). The third-order valence-electron chi connectivity index (χ3n) is 3.43. The van der Waals surface area contributed by atoms with Crippen molar-refractivity contribution in [1.29, 1.82) is 0 Å². The molecule has 1 aliphatic heterocycles. The molecule has 2 aromatic heterocycles. The summed E-state index contributed by atoms with van der Waals surface area (Å²) in [4.78, 5) is 12.5. The van der Waals surface area contributed by atoms with Gasteiger partial charge in [-0.05, 0) is 19.0 Å². The van der Waals surface area contributed by atoms with Crippen molar-refractivity contribution in [2.45, 2.75) is 12.8 Å². The van der Waals surface area contributed by atoms with E-state index in [1.807, 2.05) is 0 Å². The molecule has 0 bridgehead atoms. The first-order valence-corrected chi connectivity index (χ1v) is 6.18. The van der Waals surface area contributed by atoms with E-state index in [9.17, 15) is 0 Å². The predicted octanol–water partition coefficient (Wildman–Crippen LogP) is 0.858. The van der Waals surface area contributed by atoms with Crippen LogP contribution in [0.5, 0.6) is 5.88 Å². The van der Waals surface area contributed by atoms with Crippen LogP contribution in [0.15, 0.2) is 16.9 Å². The Balaban J connectivity index is 1.83. The number of aromatic nitrogens is 4. The van der Waals surface area contributed by atoms with Crippen LogP contribution >= 0.6 is 0 Å². The van der Waals surface area contributed by atoms with E-state index in [-0.39, 0.29) is 5.92 Å². The quantitative estimate of drug-likeness (QED) is 0.873. The highest BCUT2D eigenvalue weighted by Crippen LogP contribution is 2.27. The van der Waals surface area contributed by atoms with E-state index >= 15 is 0 Å². The maximum Gasteiger partial charge on any atom is 0.230 e. The average Bonchev–Trinajstić information content (AvgIpc) is 2.86. The van der Waals surface area contributed by atoms with Crippen molar-refractivity contribution in [2.24, 2.45) is 5.92 Å². The molecule has 1 fully saturated rings. The number of ether oxygens (including phenoxy) is 1. The summed E-state index contributed by atoms with van der Waals surface area (Å²) in [6.45, 7) is 4.10. The van der Waals surface area contributed by atoms with Crippen molar-refractivity contribution >= 4 is 0 Å². The van der Waals surface area contributed by atoms with Gasteiger partial charge in [-0.3, -0.25) is 0 Å². The van der Waals surface area contributed by atoms with Crippen molar-refractivity contribution in [3.63, 3.8) is 0 Å². The van der Waals surface area contributed by atoms with Gasteiger partial charge in [-0.2, -0.15) is 4.98 Å². The van der Waals surface area contributed by atoms with Crippen LogP contribution in [0.2, 0.25) is 0 Å². The van der Waals surface area contributed by atoms with Crippen molar-refractivity contribution in [2.75, 3.05) is 20.2 Å². The molecule has 1 saturated heterocycles. The summed E-state index contributed by atoms with van der Waals surface area (Å²) < 4.78 is 10.4. The van der Waals surface area contributed by atoms with E-state index in [1.165, 1.54) is 6.33 Å². The summed E-state index contributed by atoms with van der Waals surface area (Å²) in [5.74, 6) is 2.42. The minimum Gasteiger partial charge on any atom is -0.481 e. The van der Waals surface area contributed by atoms with Crippen LogP contribution in [0.4, 0.5) is 0 Å². The third kappa shape index (κ3) is 2.28. The van der Waals surface area contributed by atoms with Gasteiger partial charge in [0.05, 0.1) is 7.11 Å². The van der Waals surface area contributed by atoms with Gasteiger partial charge in [-0.15, -0.1) is 0 Å². The van der Waals surface area contributed by atoms with Crippen molar-refractivity contribution in [3.05, 3.63) is 18.3 Å². The van der Waals surface area contributed by atoms with E-state index in [4.69, 9.17) is 9.26 Å². The minimum atomic E-state index is 0.256. The first kappa shape index (κ1) is 12.0. The lowest BCUT2D eigenvalue weighted by Gasteiger charge is -2.30. The highest BCUT2D eigenvalue weighted by molar-refractivity contribution is 5.49. The van der Waals surface area contributed by atoms with E-state index in [1.54, 1.807) is 13.2 Å². The lowest BCUT2D eigenvalue weighted by molar-refractivity contribution is 0.252. The second-order valence-electron chi connectivity index (χ2n) is 4.61. The van der Waals surface area contributed by atoms with Crippen molar-refractivity contribution in [3.8, 4) is 17.4 Å². The van der Waals surface area contributed by atoms with Gasteiger partial charge < -0.3 is 14.6 Å². The summed E-state index contributed by atoms with van der Waals surface area (Å²) in [5.41, 5.74) is 0.598. The number of rotatable bonds is 4. The molecule has 0 radical (unpaired) electrons. The fourth-order valence-electron chi connectivity index (χ4n) is 1.96. The SMILES string of the molecule is COc1cc(-c2noc(C(C)C3CNC3)n2)ncn1. The topological polar surface area (TPSA) is 86.0 Å². The number of hydrogen-bond donors (Lipinski definition) is 1. The molecular weight excluding hydrogens is 246 g/mol. The van der Waals surface area contributed by atoms with E-state index in [0.717, 1.165) is 13.1 Å². The summed E-state index contributed by atoms with van der Waals surface area (Å²) >= 11 is 0. The number of nitrogens with zero attached hydrogens (tertiary/aromatic N) is 4. The van der Waals surface area contributed by atoms with Crippen molar-refractivity contribution < 1.29 is 9.26 Å². The van der Waals surface area contributed by atoms with Crippen LogP contribution in [0.3, 0.4) is 0 Å². The Bertz CT molecular complexity index is 567. The summed E-state index contributed by atoms with van der Waals surface area (Å²) in [5, 5.41) is 7.21. The standard InChI is InChI=1S/C12H15N5O2/c1-7(8-4-13-5-8)12-16-11(17-19-12)9-3-10(18-2)15-6-14-9/h3,6-8,13H,4-5H2,1-2H3. The van der Waals surface area contributed by atoms with Gasteiger partial charge in [0.1, 0.15) is 12.0 Å². The molecule has 19 heavy (non-hydrogen) atoms. The predicted molar refractivity (Wildman–Crippen MR) is 66.7 cm³/mol. The molecule has 1 atom stereocenters. The molecule has 0 spiro atoms. The van der Waals surface area contributed by atoms with Gasteiger partial charge in [0.2, 0.25) is 17.6 Å². The molecule has 0 aliphatic carbocycles. The minimum absolute atomic E-state index is 0.256. The Hall–Kier alpha value is -2.02. The lowest BCUT2D eigenvalue weighted by atomic mass is 9.89. The third-order valence-corrected chi connectivity index (χ3v) is 3.43. The second kappa shape index (κ2) is 4.93. The number of methoxy groups -OCH3 is 1. The first-order chi connectivity index (χ1) is 9.28. The molecule has 7 heteroatoms. The smallest absolute Gasteiger partial charge is 0.230 e. The zero-order valence-electron chi connectivity index (χ0n) is 10.8. The zero-order valence-corrected chi connectivity index (χ0v) is 10.8. The normalized spacial score (nSPS) is 16.9. The molecule has 2 aromatic rings. The summed E-state index contributed by atoms with van der Waals surface area (Å²) in [6, 6.07) is 1.68. The Morgan fingerprint density at radius 1 is 1.42 bits per heavy atom. The summed E-state index contributed by atoms with van der Waals surface area (Å²) in [6.07, 6.45) is 1.42. The molecule has 7 nitrogen and oxygen atoms in total. The van der Waals surface area contributed by atoms with E-state index in [2.05, 4.69) is 32.3 Å². The maximum atomic E-state index is 5.32. The highest BCUT2D eigenvalue weighted by Gasteiger charge is 2.29. The molecule has 1 N–H and O–H groups in total. The number of hydrogen-bond acceptors (Lipinski definition) is 7. The van der Waals surface area contributed by atoms with Gasteiger partial charge in [0, 0.05) is 12.0 Å². The monoisotopic (exact) mass is 261 g/mol. The molecule has 1 unspecified atom stereocenters. The maximum absolute atomic E-state index is 5.32. The Morgan fingerprint density at radius 3 is 2.95 bits per heavy atom. The van der Waals surface area contributed by atoms with Gasteiger partial charge in [0.25, 0.3) is 0 Å². The Kier molecular flexibility index (Phi) is 3.12. The average molecular weight is 261 g/mol. The van der Waals surface area contributed by atoms with Crippen LogP contribution in [-0.2, 0) is 0 Å². The molecule has 100 valence electrons. The number of nitrogens with one attached hydrogen (secondary N) is 1. The molecule has 0 amide bonds. The first-order valence-electron chi connectivity index (χ1n) is 6.18.